The van der Waals surface area contributed by atoms with Crippen LogP contribution in [0.3, 0.4) is 0 Å². The number of carbonyl (C=O) groups is 1. The Kier molecular flexibility index (Phi) is 5.09. The molecule has 0 saturated carbocycles. The molecule has 0 aliphatic rings. The van der Waals surface area contributed by atoms with Crippen LogP contribution in [0.15, 0.2) is 36.9 Å². The van der Waals surface area contributed by atoms with Gasteiger partial charge in [0.2, 0.25) is 5.91 Å². The van der Waals surface area contributed by atoms with E-state index in [0.717, 1.165) is 24.4 Å². The minimum Gasteiger partial charge on any atom is -0.339 e. The lowest BCUT2D eigenvalue weighted by molar-refractivity contribution is -0.131. The van der Waals surface area contributed by atoms with Crippen LogP contribution in [0.1, 0.15) is 37.2 Å². The van der Waals surface area contributed by atoms with Gasteiger partial charge in [0.25, 0.3) is 0 Å². The summed E-state index contributed by atoms with van der Waals surface area (Å²) >= 11 is 0. The second-order valence-corrected chi connectivity index (χ2v) is 5.24. The fourth-order valence-corrected chi connectivity index (χ4v) is 2.28. The molecule has 1 atom stereocenters. The van der Waals surface area contributed by atoms with Gasteiger partial charge in [0.15, 0.2) is 0 Å². The predicted octanol–water partition coefficient (Wildman–Crippen LogP) is 2.59. The van der Waals surface area contributed by atoms with Crippen LogP contribution in [-0.4, -0.2) is 32.4 Å². The first-order valence-electron chi connectivity index (χ1n) is 7.23. The Morgan fingerprint density at radius 1 is 1.43 bits per heavy atom. The van der Waals surface area contributed by atoms with Gasteiger partial charge in [-0.25, -0.2) is 4.98 Å². The molecule has 0 aromatic carbocycles. The van der Waals surface area contributed by atoms with Gasteiger partial charge in [-0.05, 0) is 31.9 Å². The maximum Gasteiger partial charge on any atom is 0.222 e. The van der Waals surface area contributed by atoms with E-state index in [1.165, 1.54) is 0 Å². The van der Waals surface area contributed by atoms with Gasteiger partial charge in [0, 0.05) is 44.8 Å². The third-order valence-corrected chi connectivity index (χ3v) is 3.85. The van der Waals surface area contributed by atoms with E-state index in [0.29, 0.717) is 6.42 Å². The van der Waals surface area contributed by atoms with Crippen molar-refractivity contribution in [2.45, 2.75) is 39.3 Å². The molecular formula is C16H22N4O. The van der Waals surface area contributed by atoms with Crippen LogP contribution < -0.4 is 0 Å². The van der Waals surface area contributed by atoms with E-state index in [1.54, 1.807) is 17.3 Å². The Balaban J connectivity index is 1.84. The van der Waals surface area contributed by atoms with Crippen LogP contribution in [0.25, 0.3) is 0 Å². The van der Waals surface area contributed by atoms with Gasteiger partial charge in [-0.1, -0.05) is 6.07 Å². The van der Waals surface area contributed by atoms with Crippen LogP contribution in [0.2, 0.25) is 0 Å². The van der Waals surface area contributed by atoms with Crippen LogP contribution in [-0.2, 0) is 11.3 Å². The third-order valence-electron chi connectivity index (χ3n) is 3.85. The van der Waals surface area contributed by atoms with Crippen molar-refractivity contribution in [2.24, 2.45) is 0 Å². The molecule has 0 radical (unpaired) electrons. The molecule has 1 amide bonds. The summed E-state index contributed by atoms with van der Waals surface area (Å²) in [5.74, 6) is 1.14. The largest absolute Gasteiger partial charge is 0.339 e. The van der Waals surface area contributed by atoms with Gasteiger partial charge >= 0.3 is 0 Å². The number of imidazole rings is 1. The molecule has 0 N–H and O–H groups in total. The summed E-state index contributed by atoms with van der Waals surface area (Å²) in [7, 11) is 1.85. The molecule has 0 aliphatic heterocycles. The number of aromatic nitrogens is 3. The molecule has 0 saturated heterocycles. The smallest absolute Gasteiger partial charge is 0.222 e. The maximum absolute atomic E-state index is 12.3. The van der Waals surface area contributed by atoms with Crippen molar-refractivity contribution in [3.63, 3.8) is 0 Å². The van der Waals surface area contributed by atoms with Crippen molar-refractivity contribution in [3.8, 4) is 0 Å². The molecule has 2 rings (SSSR count). The summed E-state index contributed by atoms with van der Waals surface area (Å²) in [5, 5.41) is 0. The Morgan fingerprint density at radius 2 is 2.24 bits per heavy atom. The number of amides is 1. The zero-order valence-corrected chi connectivity index (χ0v) is 12.9. The van der Waals surface area contributed by atoms with E-state index in [4.69, 9.17) is 0 Å². The van der Waals surface area contributed by atoms with Crippen LogP contribution in [0.5, 0.6) is 0 Å². The molecule has 2 aromatic rings. The molecular weight excluding hydrogens is 264 g/mol. The average Bonchev–Trinajstić information content (AvgIpc) is 2.92. The number of rotatable bonds is 6. The summed E-state index contributed by atoms with van der Waals surface area (Å²) in [6.07, 6.45) is 8.64. The number of pyridine rings is 1. The fourth-order valence-electron chi connectivity index (χ4n) is 2.28. The monoisotopic (exact) mass is 286 g/mol. The molecule has 2 heterocycles. The standard InChI is InChI=1S/C16H22N4O/c1-13(15-6-4-8-17-12-15)19(3)16(21)7-5-10-20-11-9-18-14(20)2/h4,6,8-9,11-13H,5,7,10H2,1-3H3/t13-/m1/s1. The Bertz CT molecular complexity index is 579. The van der Waals surface area contributed by atoms with Crippen molar-refractivity contribution in [1.82, 2.24) is 19.4 Å². The van der Waals surface area contributed by atoms with E-state index in [-0.39, 0.29) is 11.9 Å². The van der Waals surface area contributed by atoms with Gasteiger partial charge in [-0.3, -0.25) is 9.78 Å². The summed E-state index contributed by atoms with van der Waals surface area (Å²) in [6.45, 7) is 4.82. The molecule has 0 bridgehead atoms. The van der Waals surface area contributed by atoms with E-state index >= 15 is 0 Å². The molecule has 21 heavy (non-hydrogen) atoms. The first-order chi connectivity index (χ1) is 10.1. The molecule has 112 valence electrons. The van der Waals surface area contributed by atoms with Crippen molar-refractivity contribution >= 4 is 5.91 Å². The Labute approximate surface area is 125 Å². The summed E-state index contributed by atoms with van der Waals surface area (Å²) in [5.41, 5.74) is 1.05. The minimum absolute atomic E-state index is 0.0428. The Hall–Kier alpha value is -2.17. The second kappa shape index (κ2) is 7.02. The highest BCUT2D eigenvalue weighted by Crippen LogP contribution is 2.18. The number of nitrogens with zero attached hydrogens (tertiary/aromatic N) is 4. The van der Waals surface area contributed by atoms with Crippen LogP contribution in [0, 0.1) is 6.92 Å². The minimum atomic E-state index is 0.0428. The zero-order chi connectivity index (χ0) is 15.2. The van der Waals surface area contributed by atoms with Gasteiger partial charge in [0.1, 0.15) is 5.82 Å². The number of aryl methyl sites for hydroxylation is 2. The lowest BCUT2D eigenvalue weighted by atomic mass is 10.1. The van der Waals surface area contributed by atoms with Gasteiger partial charge in [-0.15, -0.1) is 0 Å². The molecule has 0 fully saturated rings. The highest BCUT2D eigenvalue weighted by Gasteiger charge is 2.17. The van der Waals surface area contributed by atoms with Crippen molar-refractivity contribution < 1.29 is 4.79 Å². The number of hydrogen-bond donors (Lipinski definition) is 0. The molecule has 2 aromatic heterocycles. The SMILES string of the molecule is Cc1nccn1CCCC(=O)N(C)[C@H](C)c1cccnc1. The first kappa shape index (κ1) is 15.2. The Morgan fingerprint density at radius 3 is 2.86 bits per heavy atom. The summed E-state index contributed by atoms with van der Waals surface area (Å²) < 4.78 is 2.07. The number of carbonyl (C=O) groups excluding carboxylic acids is 1. The first-order valence-corrected chi connectivity index (χ1v) is 7.23. The highest BCUT2D eigenvalue weighted by atomic mass is 16.2. The molecule has 0 aliphatic carbocycles. The fraction of sp³-hybridized carbons (Fsp3) is 0.438. The van der Waals surface area contributed by atoms with Crippen LogP contribution >= 0.6 is 0 Å². The molecule has 0 spiro atoms. The van der Waals surface area contributed by atoms with Crippen molar-refractivity contribution in [2.75, 3.05) is 7.05 Å². The summed E-state index contributed by atoms with van der Waals surface area (Å²) in [6, 6.07) is 3.93. The molecule has 5 heteroatoms. The maximum atomic E-state index is 12.3. The topological polar surface area (TPSA) is 51.0 Å². The predicted molar refractivity (Wildman–Crippen MR) is 81.6 cm³/mol. The van der Waals surface area contributed by atoms with E-state index < -0.39 is 0 Å². The van der Waals surface area contributed by atoms with Crippen molar-refractivity contribution in [1.29, 1.82) is 0 Å². The zero-order valence-electron chi connectivity index (χ0n) is 12.9. The number of hydrogen-bond acceptors (Lipinski definition) is 3. The quantitative estimate of drug-likeness (QED) is 0.820. The van der Waals surface area contributed by atoms with Gasteiger partial charge in [-0.2, -0.15) is 0 Å². The van der Waals surface area contributed by atoms with Crippen molar-refractivity contribution in [3.05, 3.63) is 48.3 Å². The second-order valence-electron chi connectivity index (χ2n) is 5.24. The summed E-state index contributed by atoms with van der Waals surface area (Å²) in [4.78, 5) is 22.3. The highest BCUT2D eigenvalue weighted by molar-refractivity contribution is 5.76. The van der Waals surface area contributed by atoms with E-state index in [2.05, 4.69) is 14.5 Å². The molecule has 5 nitrogen and oxygen atoms in total. The van der Waals surface area contributed by atoms with Gasteiger partial charge < -0.3 is 9.47 Å². The van der Waals surface area contributed by atoms with E-state index in [9.17, 15) is 4.79 Å². The van der Waals surface area contributed by atoms with Crippen LogP contribution in [0.4, 0.5) is 0 Å². The lowest BCUT2D eigenvalue weighted by Crippen LogP contribution is -2.29. The third kappa shape index (κ3) is 3.90. The average molecular weight is 286 g/mol. The molecule has 0 unspecified atom stereocenters. The van der Waals surface area contributed by atoms with Gasteiger partial charge in [0.05, 0.1) is 6.04 Å². The normalized spacial score (nSPS) is 12.1. The van der Waals surface area contributed by atoms with E-state index in [1.807, 2.05) is 45.4 Å². The lowest BCUT2D eigenvalue weighted by Gasteiger charge is -2.25.